The van der Waals surface area contributed by atoms with Gasteiger partial charge in [0.25, 0.3) is 0 Å². The van der Waals surface area contributed by atoms with Crippen LogP contribution in [0.15, 0.2) is 194 Å². The molecule has 0 atom stereocenters. The lowest BCUT2D eigenvalue weighted by molar-refractivity contribution is 0.521. The number of hydrogen-bond acceptors (Lipinski definition) is 3. The van der Waals surface area contributed by atoms with Crippen LogP contribution in [0.2, 0.25) is 0 Å². The fourth-order valence-electron chi connectivity index (χ4n) is 13.1. The number of anilines is 6. The minimum atomic E-state index is -0.246. The summed E-state index contributed by atoms with van der Waals surface area (Å²) < 4.78 is 4.10. The summed E-state index contributed by atoms with van der Waals surface area (Å²) in [6.45, 7) is 19.0. The maximum atomic E-state index is 2.79. The largest absolute Gasteiger partial charge is 0.367 e. The molecule has 9 aromatic carbocycles. The molecule has 0 amide bonds. The van der Waals surface area contributed by atoms with Gasteiger partial charge in [-0.2, -0.15) is 0 Å². The summed E-state index contributed by atoms with van der Waals surface area (Å²) in [4.78, 5) is 6.46. The summed E-state index contributed by atoms with van der Waals surface area (Å²) in [5, 5.41) is 3.92. The van der Waals surface area contributed by atoms with Gasteiger partial charge in [0.1, 0.15) is 0 Å². The molecule has 3 nitrogen and oxygen atoms in total. The van der Waals surface area contributed by atoms with Gasteiger partial charge in [0.15, 0.2) is 0 Å². The van der Waals surface area contributed by atoms with E-state index in [2.05, 4.69) is 264 Å². The molecule has 0 saturated heterocycles. The summed E-state index contributed by atoms with van der Waals surface area (Å²) in [5.74, 6) is 0. The van der Waals surface area contributed by atoms with Crippen molar-refractivity contribution in [2.45, 2.75) is 71.6 Å². The van der Waals surface area contributed by atoms with Gasteiger partial charge in [-0.15, -0.1) is 11.3 Å². The van der Waals surface area contributed by atoms with E-state index >= 15 is 0 Å². The van der Waals surface area contributed by atoms with Crippen molar-refractivity contribution in [3.63, 3.8) is 0 Å². The zero-order valence-electron chi connectivity index (χ0n) is 42.3. The second-order valence-corrected chi connectivity index (χ2v) is 23.6. The lowest BCUT2D eigenvalue weighted by Gasteiger charge is -2.47. The average Bonchev–Trinajstić information content (AvgIpc) is 3.93. The Morgan fingerprint density at radius 3 is 1.79 bits per heavy atom. The lowest BCUT2D eigenvalue weighted by atomic mass is 9.44. The van der Waals surface area contributed by atoms with Gasteiger partial charge in [0, 0.05) is 71.1 Å². The van der Waals surface area contributed by atoms with Gasteiger partial charge < -0.3 is 14.3 Å². The van der Waals surface area contributed by atoms with Crippen LogP contribution in [0.5, 0.6) is 0 Å². The second-order valence-electron chi connectivity index (χ2n) is 22.6. The van der Waals surface area contributed by atoms with E-state index in [1.165, 1.54) is 121 Å². The third-order valence-corrected chi connectivity index (χ3v) is 17.8. The molecule has 0 radical (unpaired) electrons. The number of nitrogens with zero attached hydrogens (tertiary/aromatic N) is 3. The van der Waals surface area contributed by atoms with E-state index < -0.39 is 0 Å². The van der Waals surface area contributed by atoms with Crippen molar-refractivity contribution in [3.05, 3.63) is 228 Å². The molecule has 0 fully saturated rings. The third-order valence-electron chi connectivity index (χ3n) is 16.6. The Hall–Kier alpha value is -7.60. The molecule has 0 N–H and O–H groups in total. The molecule has 72 heavy (non-hydrogen) atoms. The van der Waals surface area contributed by atoms with Gasteiger partial charge in [0.2, 0.25) is 0 Å². The first-order valence-electron chi connectivity index (χ1n) is 25.6. The van der Waals surface area contributed by atoms with E-state index in [0.29, 0.717) is 0 Å². The predicted octanol–water partition coefficient (Wildman–Crippen LogP) is 17.1. The maximum Gasteiger partial charge on any atom is 0.333 e. The topological polar surface area (TPSA) is 11.4 Å². The maximum absolute atomic E-state index is 2.79. The second kappa shape index (κ2) is 15.2. The van der Waals surface area contributed by atoms with Gasteiger partial charge >= 0.3 is 6.85 Å². The zero-order chi connectivity index (χ0) is 49.0. The number of thiophene rings is 1. The predicted molar refractivity (Wildman–Crippen MR) is 310 cm³/mol. The summed E-state index contributed by atoms with van der Waals surface area (Å²) in [6, 6.07) is 73.7. The summed E-state index contributed by atoms with van der Waals surface area (Å²) in [6.07, 6.45) is 0. The van der Waals surface area contributed by atoms with Crippen molar-refractivity contribution in [2.75, 3.05) is 9.80 Å². The van der Waals surface area contributed by atoms with Gasteiger partial charge in [-0.25, -0.2) is 0 Å². The quantitative estimate of drug-likeness (QED) is 0.159. The van der Waals surface area contributed by atoms with Gasteiger partial charge in [-0.3, -0.25) is 0 Å². The lowest BCUT2D eigenvalue weighted by Crippen LogP contribution is -2.57. The first-order valence-corrected chi connectivity index (χ1v) is 26.4. The van der Waals surface area contributed by atoms with Crippen LogP contribution in [-0.4, -0.2) is 11.3 Å². The summed E-state index contributed by atoms with van der Waals surface area (Å²) >= 11 is 1.95. The van der Waals surface area contributed by atoms with Crippen LogP contribution >= 0.6 is 11.3 Å². The van der Waals surface area contributed by atoms with E-state index in [1.807, 2.05) is 11.3 Å². The normalized spacial score (nSPS) is 14.8. The molecule has 0 spiro atoms. The van der Waals surface area contributed by atoms with Crippen LogP contribution in [0.1, 0.15) is 81.8 Å². The Bertz CT molecular complexity index is 4000. The Labute approximate surface area is 427 Å². The third kappa shape index (κ3) is 5.98. The molecule has 2 aliphatic heterocycles. The van der Waals surface area contributed by atoms with E-state index in [1.54, 1.807) is 0 Å². The van der Waals surface area contributed by atoms with Crippen molar-refractivity contribution < 1.29 is 0 Å². The van der Waals surface area contributed by atoms with Crippen LogP contribution < -0.4 is 20.7 Å². The van der Waals surface area contributed by atoms with Gasteiger partial charge in [-0.05, 0) is 128 Å². The molecule has 5 heteroatoms. The zero-order valence-corrected chi connectivity index (χ0v) is 43.1. The average molecular weight is 946 g/mol. The number of benzene rings is 9. The van der Waals surface area contributed by atoms with Crippen molar-refractivity contribution in [1.29, 1.82) is 0 Å². The molecular weight excluding hydrogens is 890 g/mol. The van der Waals surface area contributed by atoms with Crippen LogP contribution in [-0.2, 0) is 16.2 Å². The number of para-hydroxylation sites is 2. The number of fused-ring (bicyclic) bond motifs is 11. The molecule has 0 bridgehead atoms. The molecule has 348 valence electrons. The monoisotopic (exact) mass is 945 g/mol. The van der Waals surface area contributed by atoms with Crippen molar-refractivity contribution >= 4 is 94.4 Å². The fourth-order valence-corrected chi connectivity index (χ4v) is 14.3. The number of rotatable bonds is 5. The van der Waals surface area contributed by atoms with Gasteiger partial charge in [0.05, 0.1) is 16.2 Å². The van der Waals surface area contributed by atoms with Crippen molar-refractivity contribution in [1.82, 2.24) is 4.48 Å². The minimum absolute atomic E-state index is 0.0356. The van der Waals surface area contributed by atoms with Crippen molar-refractivity contribution in [3.8, 4) is 22.3 Å². The highest BCUT2D eigenvalue weighted by Gasteiger charge is 2.48. The molecule has 2 aromatic heterocycles. The number of aryl methyl sites for hydroxylation is 1. The first-order chi connectivity index (χ1) is 34.8. The van der Waals surface area contributed by atoms with Crippen LogP contribution in [0, 0.1) is 6.92 Å². The Balaban J connectivity index is 1.15. The molecule has 3 aliphatic rings. The molecule has 14 rings (SSSR count). The van der Waals surface area contributed by atoms with E-state index in [4.69, 9.17) is 0 Å². The van der Waals surface area contributed by atoms with Crippen LogP contribution in [0.25, 0.3) is 53.5 Å². The van der Waals surface area contributed by atoms with E-state index in [-0.39, 0.29) is 23.1 Å². The summed E-state index contributed by atoms with van der Waals surface area (Å²) in [5.41, 5.74) is 23.8. The standard InChI is InChI=1S/C67H56BN3S/c1-41-36-49-46-33-35-56(69(44-24-14-10-15-25-44)45-26-16-11-17-27-45)61-60-47-28-18-21-31-59(47)72-64(60)71(63(46)61)68-54-39-52-53(67(7,8)51-30-20-19-29-50(51)66(52,5)6)40-57(54)70(58(37-41)62(49)68)55-34-32-43(65(2,3)4)38-48(55)42-22-12-9-13-23-42/h9-40H,1-8H3. The van der Waals surface area contributed by atoms with Crippen LogP contribution in [0.3, 0.4) is 0 Å². The molecule has 11 aromatic rings. The molecule has 1 aliphatic carbocycles. The van der Waals surface area contributed by atoms with Crippen LogP contribution in [0.4, 0.5) is 34.1 Å². The fraction of sp³-hybridized carbons (Fsp3) is 0.164. The Kier molecular flexibility index (Phi) is 9.13. The number of aromatic nitrogens is 1. The van der Waals surface area contributed by atoms with E-state index in [0.717, 1.165) is 11.4 Å². The Morgan fingerprint density at radius 2 is 1.12 bits per heavy atom. The van der Waals surface area contributed by atoms with Gasteiger partial charge in [-0.1, -0.05) is 182 Å². The molecular formula is C67H56BN3S. The molecule has 0 unspecified atom stereocenters. The highest BCUT2D eigenvalue weighted by molar-refractivity contribution is 7.26. The minimum Gasteiger partial charge on any atom is -0.367 e. The smallest absolute Gasteiger partial charge is 0.333 e. The summed E-state index contributed by atoms with van der Waals surface area (Å²) in [7, 11) is 0. The number of hydrogen-bond donors (Lipinski definition) is 0. The first kappa shape index (κ1) is 43.2. The highest BCUT2D eigenvalue weighted by atomic mass is 32.1. The molecule has 4 heterocycles. The highest BCUT2D eigenvalue weighted by Crippen LogP contribution is 2.56. The Morgan fingerprint density at radius 1 is 0.514 bits per heavy atom. The molecule has 0 saturated carbocycles. The van der Waals surface area contributed by atoms with Crippen molar-refractivity contribution in [2.24, 2.45) is 0 Å². The SMILES string of the molecule is Cc1cc2c3c(c1)N(c1ccc(C(C)(C)C)cc1-c1ccccc1)c1cc4c(cc1B3n1c3sc5ccccc5c3c3c(N(c5ccccc5)c5ccccc5)ccc-2c31)C(C)(C)c1ccccc1C4(C)C. The van der Waals surface area contributed by atoms with E-state index in [9.17, 15) is 0 Å².